The van der Waals surface area contributed by atoms with Gasteiger partial charge in [0.2, 0.25) is 5.95 Å². The molecule has 0 spiro atoms. The molecule has 4 rings (SSSR count). The van der Waals surface area contributed by atoms with Crippen LogP contribution in [0, 0.1) is 22.7 Å². The molecule has 1 saturated heterocycles. The average Bonchev–Trinajstić information content (AvgIpc) is 3.23. The molecule has 1 fully saturated rings. The summed E-state index contributed by atoms with van der Waals surface area (Å²) in [5, 5.41) is 40.4. The number of hydrogen-bond acceptors (Lipinski definition) is 9. The van der Waals surface area contributed by atoms with Crippen molar-refractivity contribution in [2.24, 2.45) is 0 Å². The van der Waals surface area contributed by atoms with Crippen molar-refractivity contribution in [1.82, 2.24) is 24.5 Å². The molecule has 0 aliphatic carbocycles. The monoisotopic (exact) mass is 493 g/mol. The molecule has 1 aliphatic heterocycles. The van der Waals surface area contributed by atoms with Crippen LogP contribution in [0.15, 0.2) is 18.3 Å². The molecule has 3 N–H and O–H groups in total. The normalized spacial score (nSPS) is 15.1. The van der Waals surface area contributed by atoms with E-state index in [-0.39, 0.29) is 17.6 Å². The lowest BCUT2D eigenvalue weighted by atomic mass is 9.87. The quantitative estimate of drug-likeness (QED) is 0.450. The molecule has 0 atom stereocenters. The molecule has 182 valence electrons. The molecule has 0 saturated carbocycles. The van der Waals surface area contributed by atoms with Gasteiger partial charge in [-0.05, 0) is 70.3 Å². The maximum atomic E-state index is 10.1. The molecule has 11 heteroatoms. The number of benzene rings is 1. The van der Waals surface area contributed by atoms with Crippen molar-refractivity contribution in [3.05, 3.63) is 40.2 Å². The molecule has 10 nitrogen and oxygen atoms in total. The Morgan fingerprint density at radius 2 is 1.97 bits per heavy atom. The van der Waals surface area contributed by atoms with Crippen molar-refractivity contribution >= 4 is 34.7 Å². The fraction of sp³-hybridized carbons (Fsp3) is 0.458. The maximum absolute atomic E-state index is 10.1. The second-order valence-electron chi connectivity index (χ2n) is 9.33. The highest BCUT2D eigenvalue weighted by Crippen LogP contribution is 2.38. The number of fused-ring (bicyclic) bond motifs is 1. The number of nitrogens with one attached hydrogen (secondary N) is 2. The third kappa shape index (κ3) is 5.46. The number of anilines is 3. The van der Waals surface area contributed by atoms with Crippen molar-refractivity contribution in [3.63, 3.8) is 0 Å². The molecule has 0 radical (unpaired) electrons. The summed E-state index contributed by atoms with van der Waals surface area (Å²) < 4.78 is 1.43. The Labute approximate surface area is 209 Å². The lowest BCUT2D eigenvalue weighted by Gasteiger charge is -2.35. The summed E-state index contributed by atoms with van der Waals surface area (Å²) in [6.07, 6.45) is 3.19. The third-order valence-corrected chi connectivity index (χ3v) is 6.36. The Bertz CT molecular complexity index is 1310. The average molecular weight is 494 g/mol. The smallest absolute Gasteiger partial charge is 0.247 e. The summed E-state index contributed by atoms with van der Waals surface area (Å²) in [7, 11) is 0. The first kappa shape index (κ1) is 24.7. The fourth-order valence-electron chi connectivity index (χ4n) is 4.47. The summed E-state index contributed by atoms with van der Waals surface area (Å²) in [5.74, 6) is 0.901. The van der Waals surface area contributed by atoms with E-state index in [1.165, 1.54) is 10.7 Å². The number of aromatic nitrogens is 4. The maximum Gasteiger partial charge on any atom is 0.247 e. The van der Waals surface area contributed by atoms with Crippen LogP contribution in [0.2, 0.25) is 5.02 Å². The third-order valence-electron chi connectivity index (χ3n) is 5.94. The van der Waals surface area contributed by atoms with Gasteiger partial charge in [-0.25, -0.2) is 4.98 Å². The first-order chi connectivity index (χ1) is 16.7. The van der Waals surface area contributed by atoms with Crippen molar-refractivity contribution in [3.8, 4) is 12.1 Å². The number of nitriles is 2. The molecule has 1 aromatic carbocycles. The van der Waals surface area contributed by atoms with Gasteiger partial charge in [-0.1, -0.05) is 11.6 Å². The standard InChI is InChI=1S/C24H28ClN9O/c1-4-28-21-22-29-13-17(12-27)34(22)32-23(31-21)30-19-10-15(11-26)9-18(20(19)25)16-5-7-33(8-6-16)14-24(2,3)35/h9-10,13,16,35H,4-8,14H2,1-3H3,(H2,28,30,31,32). The molecule has 3 aromatic rings. The number of halogens is 1. The molecule has 3 heterocycles. The van der Waals surface area contributed by atoms with Gasteiger partial charge in [-0.15, -0.1) is 5.10 Å². The number of imidazole rings is 1. The summed E-state index contributed by atoms with van der Waals surface area (Å²) in [5.41, 5.74) is 1.91. The van der Waals surface area contributed by atoms with Gasteiger partial charge >= 0.3 is 0 Å². The minimum atomic E-state index is -0.741. The SMILES string of the molecule is CCNc1nc(Nc2cc(C#N)cc(C3CCN(CC(C)(C)O)CC3)c2Cl)nn2c(C#N)cnc12. The Morgan fingerprint density at radius 3 is 2.60 bits per heavy atom. The fourth-order valence-corrected chi connectivity index (χ4v) is 4.78. The Hall–Kier alpha value is -3.44. The Balaban J connectivity index is 1.65. The highest BCUT2D eigenvalue weighted by atomic mass is 35.5. The molecule has 2 aromatic heterocycles. The minimum Gasteiger partial charge on any atom is -0.389 e. The molecule has 0 amide bonds. The number of aliphatic hydroxyl groups is 1. The van der Waals surface area contributed by atoms with Crippen LogP contribution in [0.5, 0.6) is 0 Å². The minimum absolute atomic E-state index is 0.189. The summed E-state index contributed by atoms with van der Waals surface area (Å²) >= 11 is 6.85. The van der Waals surface area contributed by atoms with E-state index in [0.717, 1.165) is 31.5 Å². The molecule has 1 aliphatic rings. The topological polar surface area (TPSA) is 138 Å². The zero-order valence-electron chi connectivity index (χ0n) is 20.0. The van der Waals surface area contributed by atoms with Gasteiger partial charge in [-0.2, -0.15) is 20.0 Å². The predicted octanol–water partition coefficient (Wildman–Crippen LogP) is 3.65. The van der Waals surface area contributed by atoms with Crippen LogP contribution in [-0.4, -0.2) is 61.4 Å². The van der Waals surface area contributed by atoms with E-state index in [1.54, 1.807) is 6.07 Å². The van der Waals surface area contributed by atoms with Crippen LogP contribution in [0.3, 0.4) is 0 Å². The number of β-amino-alcohol motifs (C(OH)–C–C–N with tert-alkyl or cyclic N) is 1. The van der Waals surface area contributed by atoms with Crippen LogP contribution in [-0.2, 0) is 0 Å². The van der Waals surface area contributed by atoms with Crippen LogP contribution in [0.4, 0.5) is 17.5 Å². The van der Waals surface area contributed by atoms with Crippen molar-refractivity contribution in [2.75, 3.05) is 36.8 Å². The summed E-state index contributed by atoms with van der Waals surface area (Å²) in [6.45, 7) is 8.48. The zero-order valence-corrected chi connectivity index (χ0v) is 20.8. The Kier molecular flexibility index (Phi) is 7.08. The number of piperidine rings is 1. The van der Waals surface area contributed by atoms with Gasteiger partial charge in [-0.3, -0.25) is 0 Å². The number of rotatable bonds is 7. The van der Waals surface area contributed by atoms with Crippen LogP contribution < -0.4 is 10.6 Å². The van der Waals surface area contributed by atoms with Crippen molar-refractivity contribution in [1.29, 1.82) is 10.5 Å². The van der Waals surface area contributed by atoms with E-state index < -0.39 is 5.60 Å². The van der Waals surface area contributed by atoms with Gasteiger partial charge in [0.05, 0.1) is 34.1 Å². The van der Waals surface area contributed by atoms with Gasteiger partial charge in [0, 0.05) is 13.1 Å². The number of hydrogen-bond donors (Lipinski definition) is 3. The van der Waals surface area contributed by atoms with E-state index in [1.807, 2.05) is 26.8 Å². The first-order valence-electron chi connectivity index (χ1n) is 11.6. The van der Waals surface area contributed by atoms with Crippen LogP contribution in [0.25, 0.3) is 5.65 Å². The highest BCUT2D eigenvalue weighted by molar-refractivity contribution is 6.34. The van der Waals surface area contributed by atoms with Crippen molar-refractivity contribution < 1.29 is 5.11 Å². The highest BCUT2D eigenvalue weighted by Gasteiger charge is 2.27. The molecule has 0 unspecified atom stereocenters. The second-order valence-corrected chi connectivity index (χ2v) is 9.71. The van der Waals surface area contributed by atoms with E-state index in [0.29, 0.717) is 40.8 Å². The zero-order chi connectivity index (χ0) is 25.2. The second kappa shape index (κ2) is 10.0. The van der Waals surface area contributed by atoms with Gasteiger partial charge in [0.15, 0.2) is 17.2 Å². The van der Waals surface area contributed by atoms with Gasteiger partial charge < -0.3 is 20.6 Å². The van der Waals surface area contributed by atoms with Crippen LogP contribution in [0.1, 0.15) is 56.4 Å². The number of likely N-dealkylation sites (tertiary alicyclic amines) is 1. The molecule has 35 heavy (non-hydrogen) atoms. The van der Waals surface area contributed by atoms with Gasteiger partial charge in [0.1, 0.15) is 6.07 Å². The predicted molar refractivity (Wildman–Crippen MR) is 134 cm³/mol. The first-order valence-corrected chi connectivity index (χ1v) is 11.9. The Morgan fingerprint density at radius 1 is 1.23 bits per heavy atom. The van der Waals surface area contributed by atoms with Gasteiger partial charge in [0.25, 0.3) is 0 Å². The van der Waals surface area contributed by atoms with E-state index in [9.17, 15) is 15.6 Å². The molecular formula is C24H28ClN9O. The molecule has 0 bridgehead atoms. The largest absolute Gasteiger partial charge is 0.389 e. The van der Waals surface area contributed by atoms with Crippen molar-refractivity contribution in [2.45, 2.75) is 45.1 Å². The summed E-state index contributed by atoms with van der Waals surface area (Å²) in [6, 6.07) is 7.82. The van der Waals surface area contributed by atoms with Crippen LogP contribution >= 0.6 is 11.6 Å². The summed E-state index contributed by atoms with van der Waals surface area (Å²) in [4.78, 5) is 11.0. The van der Waals surface area contributed by atoms with E-state index in [2.05, 4.69) is 42.7 Å². The van der Waals surface area contributed by atoms with E-state index in [4.69, 9.17) is 11.6 Å². The number of nitrogens with zero attached hydrogens (tertiary/aromatic N) is 7. The lowest BCUT2D eigenvalue weighted by Crippen LogP contribution is -2.42. The lowest BCUT2D eigenvalue weighted by molar-refractivity contribution is 0.0282. The van der Waals surface area contributed by atoms with E-state index >= 15 is 0 Å². The molecular weight excluding hydrogens is 466 g/mol.